The summed E-state index contributed by atoms with van der Waals surface area (Å²) in [7, 11) is 0.0865. The van der Waals surface area contributed by atoms with Crippen LogP contribution in [0.25, 0.3) is 11.3 Å². The van der Waals surface area contributed by atoms with Gasteiger partial charge in [0.2, 0.25) is 5.91 Å². The minimum absolute atomic E-state index is 0.171. The van der Waals surface area contributed by atoms with E-state index in [1.54, 1.807) is 29.2 Å². The van der Waals surface area contributed by atoms with Crippen LogP contribution in [0.4, 0.5) is 15.9 Å². The lowest BCUT2D eigenvalue weighted by molar-refractivity contribution is -0.130. The van der Waals surface area contributed by atoms with E-state index in [1.807, 2.05) is 45.0 Å². The zero-order chi connectivity index (χ0) is 33.5. The Kier molecular flexibility index (Phi) is 9.81. The number of amidine groups is 1. The van der Waals surface area contributed by atoms with Crippen LogP contribution in [-0.2, 0) is 17.8 Å². The largest absolute Gasteiger partial charge is 0.348 e. The first kappa shape index (κ1) is 33.9. The van der Waals surface area contributed by atoms with Crippen LogP contribution in [0.2, 0.25) is 5.02 Å². The van der Waals surface area contributed by atoms with Crippen molar-refractivity contribution in [1.29, 1.82) is 0 Å². The molecule has 0 radical (unpaired) electrons. The maximum Gasteiger partial charge on any atom is 0.246 e. The average Bonchev–Trinajstić information content (AvgIpc) is 2.97. The summed E-state index contributed by atoms with van der Waals surface area (Å²) in [6.45, 7) is 13.2. The summed E-state index contributed by atoms with van der Waals surface area (Å²) in [6, 6.07) is 13.4. The monoisotopic (exact) mass is 668 g/mol. The van der Waals surface area contributed by atoms with E-state index in [0.717, 1.165) is 11.1 Å². The highest BCUT2D eigenvalue weighted by Gasteiger charge is 2.42. The minimum atomic E-state index is -3.91. The lowest BCUT2D eigenvalue weighted by Gasteiger charge is -2.49. The molecule has 9 nitrogen and oxygen atoms in total. The molecule has 2 aromatic carbocycles. The van der Waals surface area contributed by atoms with Crippen molar-refractivity contribution in [3.05, 3.63) is 88.7 Å². The van der Waals surface area contributed by atoms with Crippen LogP contribution in [-0.4, -0.2) is 79.8 Å². The normalized spacial score (nSPS) is 20.1. The molecule has 0 bridgehead atoms. The first-order valence-corrected chi connectivity index (χ1v) is 17.2. The second kappa shape index (κ2) is 13.3. The molecule has 2 aliphatic heterocycles. The van der Waals surface area contributed by atoms with Crippen molar-refractivity contribution < 1.29 is 18.3 Å². The number of hydrogen-bond acceptors (Lipinski definition) is 8. The number of carbonyl (C=O) groups is 1. The Balaban J connectivity index is 1.73. The standard InChI is InChI=1S/C34H42ClFN6O3S/c1-8-31(43)40-18-23(5)41(19-22(40)4)34-27-17-28(35)32(26-11-9-10-12-29(26)36)37-33(27)42(46(44,45)38-34)30-14-13-24(20-39(6)7)16-25(30)15-21(2)3/h8-14,16-17,21-23,44-45H,1,15,18-20H2,2-7H3/t22-,23+/m1/s1. The van der Waals surface area contributed by atoms with Gasteiger partial charge < -0.3 is 14.7 Å². The van der Waals surface area contributed by atoms with E-state index in [0.29, 0.717) is 43.1 Å². The molecule has 5 rings (SSSR count). The Bertz CT molecular complexity index is 1680. The van der Waals surface area contributed by atoms with Crippen molar-refractivity contribution in [2.24, 2.45) is 10.3 Å². The third-order valence-corrected chi connectivity index (χ3v) is 9.74. The first-order chi connectivity index (χ1) is 21.7. The lowest BCUT2D eigenvalue weighted by Crippen LogP contribution is -2.59. The molecule has 2 aliphatic rings. The third kappa shape index (κ3) is 6.65. The lowest BCUT2D eigenvalue weighted by atomic mass is 9.98. The van der Waals surface area contributed by atoms with Gasteiger partial charge >= 0.3 is 0 Å². The molecule has 46 heavy (non-hydrogen) atoms. The van der Waals surface area contributed by atoms with E-state index in [1.165, 1.54) is 16.4 Å². The molecule has 1 aromatic heterocycles. The van der Waals surface area contributed by atoms with Crippen molar-refractivity contribution in [3.63, 3.8) is 0 Å². The fourth-order valence-electron chi connectivity index (χ4n) is 6.17. The first-order valence-electron chi connectivity index (χ1n) is 15.3. The number of halogens is 2. The third-order valence-electron chi connectivity index (χ3n) is 8.18. The highest BCUT2D eigenvalue weighted by Crippen LogP contribution is 2.58. The summed E-state index contributed by atoms with van der Waals surface area (Å²) in [5, 5.41) is 0.194. The number of carbonyl (C=O) groups excluding carboxylic acids is 1. The molecule has 3 aromatic rings. The Hall–Kier alpha value is -3.48. The number of fused-ring (bicyclic) bond motifs is 1. The van der Waals surface area contributed by atoms with Crippen molar-refractivity contribution in [1.82, 2.24) is 19.7 Å². The van der Waals surface area contributed by atoms with Crippen LogP contribution < -0.4 is 4.31 Å². The second-order valence-electron chi connectivity index (χ2n) is 12.7. The van der Waals surface area contributed by atoms with Crippen molar-refractivity contribution in [3.8, 4) is 11.3 Å². The number of hydrogen-bond donors (Lipinski definition) is 2. The van der Waals surface area contributed by atoms with Gasteiger partial charge in [0.15, 0.2) is 11.7 Å². The summed E-state index contributed by atoms with van der Waals surface area (Å²) in [4.78, 5) is 23.2. The molecule has 1 amide bonds. The summed E-state index contributed by atoms with van der Waals surface area (Å²) in [6.07, 6.45) is 1.96. The number of aromatic nitrogens is 1. The molecule has 0 saturated carbocycles. The highest BCUT2D eigenvalue weighted by atomic mass is 35.5. The van der Waals surface area contributed by atoms with E-state index < -0.39 is 16.8 Å². The number of amides is 1. The van der Waals surface area contributed by atoms with Gasteiger partial charge in [0, 0.05) is 37.3 Å². The molecule has 2 atom stereocenters. The Morgan fingerprint density at radius 3 is 2.50 bits per heavy atom. The van der Waals surface area contributed by atoms with E-state index in [4.69, 9.17) is 16.6 Å². The maximum atomic E-state index is 15.1. The molecule has 0 aliphatic carbocycles. The van der Waals surface area contributed by atoms with Crippen molar-refractivity contribution >= 4 is 45.8 Å². The van der Waals surface area contributed by atoms with Crippen LogP contribution in [0.5, 0.6) is 0 Å². The summed E-state index contributed by atoms with van der Waals surface area (Å²) < 4.78 is 45.0. The number of rotatable bonds is 7. The van der Waals surface area contributed by atoms with Crippen LogP contribution in [0.1, 0.15) is 44.4 Å². The van der Waals surface area contributed by atoms with Crippen molar-refractivity contribution in [2.75, 3.05) is 31.5 Å². The van der Waals surface area contributed by atoms with Gasteiger partial charge in [-0.05, 0) is 92.7 Å². The minimum Gasteiger partial charge on any atom is -0.348 e. The van der Waals surface area contributed by atoms with E-state index in [2.05, 4.69) is 35.8 Å². The van der Waals surface area contributed by atoms with Gasteiger partial charge in [0.25, 0.3) is 0 Å². The summed E-state index contributed by atoms with van der Waals surface area (Å²) in [5.74, 6) is 0.110. The fraction of sp³-hybridized carbons (Fsp3) is 0.382. The SMILES string of the molecule is C=CC(=O)N1C[C@H](C)N(C2=NS(O)(O)N(c3ccc(CN(C)C)cc3CC(C)C)c3nc(-c4ccccc4F)c(Cl)cc32)C[C@H]1C. The van der Waals surface area contributed by atoms with Gasteiger partial charge in [-0.3, -0.25) is 13.9 Å². The molecule has 0 spiro atoms. The number of benzene rings is 2. The smallest absolute Gasteiger partial charge is 0.246 e. The second-order valence-corrected chi connectivity index (χ2v) is 14.6. The molecule has 1 saturated heterocycles. The average molecular weight is 669 g/mol. The van der Waals surface area contributed by atoms with E-state index in [-0.39, 0.29) is 46.0 Å². The fourth-order valence-corrected chi connectivity index (χ4v) is 7.75. The van der Waals surface area contributed by atoms with Gasteiger partial charge in [0.1, 0.15) is 5.82 Å². The molecule has 12 heteroatoms. The van der Waals surface area contributed by atoms with Crippen molar-refractivity contribution in [2.45, 2.75) is 52.7 Å². The number of anilines is 2. The number of pyridine rings is 1. The quantitative estimate of drug-likeness (QED) is 0.254. The molecular weight excluding hydrogens is 627 g/mol. The highest BCUT2D eigenvalue weighted by molar-refractivity contribution is 8.24. The molecule has 3 heterocycles. The topological polar surface area (TPSA) is 95.7 Å². The van der Waals surface area contributed by atoms with Gasteiger partial charge in [-0.1, -0.05) is 56.3 Å². The molecule has 0 unspecified atom stereocenters. The number of piperazine rings is 1. The zero-order valence-corrected chi connectivity index (χ0v) is 28.7. The van der Waals surface area contributed by atoms with Gasteiger partial charge in [-0.2, -0.15) is 0 Å². The van der Waals surface area contributed by atoms with Crippen LogP contribution in [0, 0.1) is 11.7 Å². The van der Waals surface area contributed by atoms with Gasteiger partial charge in [-0.15, -0.1) is 4.40 Å². The van der Waals surface area contributed by atoms with Crippen LogP contribution >= 0.6 is 22.6 Å². The van der Waals surface area contributed by atoms with Crippen LogP contribution in [0.15, 0.2) is 65.6 Å². The van der Waals surface area contributed by atoms with E-state index in [9.17, 15) is 13.9 Å². The molecule has 2 N–H and O–H groups in total. The summed E-state index contributed by atoms with van der Waals surface area (Å²) in [5.41, 5.74) is 3.38. The molecular formula is C34H42ClFN6O3S. The Morgan fingerprint density at radius 2 is 1.85 bits per heavy atom. The summed E-state index contributed by atoms with van der Waals surface area (Å²) >= 11 is 6.85. The van der Waals surface area contributed by atoms with E-state index >= 15 is 4.39 Å². The Labute approximate surface area is 277 Å². The predicted octanol–water partition coefficient (Wildman–Crippen LogP) is 7.39. The Morgan fingerprint density at radius 1 is 1.13 bits per heavy atom. The van der Waals surface area contributed by atoms with Gasteiger partial charge in [0.05, 0.1) is 22.0 Å². The predicted molar refractivity (Wildman–Crippen MR) is 186 cm³/mol. The number of nitrogens with zero attached hydrogens (tertiary/aromatic N) is 6. The van der Waals surface area contributed by atoms with Crippen LogP contribution in [0.3, 0.4) is 0 Å². The maximum absolute atomic E-state index is 15.1. The zero-order valence-electron chi connectivity index (χ0n) is 27.1. The molecule has 1 fully saturated rings. The van der Waals surface area contributed by atoms with Gasteiger partial charge in [-0.25, -0.2) is 13.7 Å². The molecule has 246 valence electrons.